The van der Waals surface area contributed by atoms with Gasteiger partial charge in [0.15, 0.2) is 21.3 Å². The highest BCUT2D eigenvalue weighted by atomic mass is 35.5. The van der Waals surface area contributed by atoms with Gasteiger partial charge in [-0.3, -0.25) is 4.79 Å². The number of sulfone groups is 1. The smallest absolute Gasteiger partial charge is 0.220 e. The number of amides is 1. The first-order valence-corrected chi connectivity index (χ1v) is 12.1. The number of carbonyl (C=O) groups is 1. The molecular weight excluding hydrogens is 400 g/mol. The molecule has 2 heterocycles. The van der Waals surface area contributed by atoms with E-state index in [9.17, 15) is 13.2 Å². The van der Waals surface area contributed by atoms with Crippen LogP contribution in [0.4, 0.5) is 0 Å². The average Bonchev–Trinajstić information content (AvgIpc) is 3.04. The second kappa shape index (κ2) is 8.03. The van der Waals surface area contributed by atoms with Gasteiger partial charge in [0.25, 0.3) is 0 Å². The Kier molecular flexibility index (Phi) is 5.65. The normalized spacial score (nSPS) is 27.5. The zero-order valence-corrected chi connectivity index (χ0v) is 17.3. The highest BCUT2D eigenvalue weighted by Crippen LogP contribution is 2.34. The first-order chi connectivity index (χ1) is 13.4. The molecule has 2 aromatic rings. The van der Waals surface area contributed by atoms with Crippen LogP contribution in [0.3, 0.4) is 0 Å². The number of rotatable bonds is 4. The number of aromatic nitrogens is 1. The molecule has 6 nitrogen and oxygen atoms in total. The molecule has 1 aliphatic heterocycles. The van der Waals surface area contributed by atoms with Crippen LogP contribution < -0.4 is 5.32 Å². The Labute approximate surface area is 169 Å². The molecule has 0 radical (unpaired) electrons. The van der Waals surface area contributed by atoms with E-state index < -0.39 is 9.84 Å². The van der Waals surface area contributed by atoms with Crippen LogP contribution >= 0.6 is 11.6 Å². The standard InChI is InChI=1S/C20H25ClN2O4S/c21-15-5-8-18-17(11-15)23-20(27-18)14-3-6-16(7-4-14)22-19(24)10-13-2-1-9-28(25,26)12-13/h5,8,11,13-14,16H,1-4,6-7,9-10,12H2,(H,22,24). The van der Waals surface area contributed by atoms with Crippen LogP contribution in [-0.2, 0) is 14.6 Å². The molecule has 152 valence electrons. The highest BCUT2D eigenvalue weighted by molar-refractivity contribution is 7.91. The fourth-order valence-electron chi connectivity index (χ4n) is 4.41. The Bertz CT molecular complexity index is 964. The van der Waals surface area contributed by atoms with Crippen LogP contribution in [0.25, 0.3) is 11.1 Å². The Hall–Kier alpha value is -1.60. The molecule has 28 heavy (non-hydrogen) atoms. The van der Waals surface area contributed by atoms with Gasteiger partial charge in [-0.05, 0) is 62.6 Å². The third-order valence-electron chi connectivity index (χ3n) is 5.84. The van der Waals surface area contributed by atoms with E-state index in [1.807, 2.05) is 6.07 Å². The van der Waals surface area contributed by atoms with Gasteiger partial charge in [-0.2, -0.15) is 0 Å². The lowest BCUT2D eigenvalue weighted by Gasteiger charge is -2.28. The molecule has 1 atom stereocenters. The molecule has 1 N–H and O–H groups in total. The fourth-order valence-corrected chi connectivity index (χ4v) is 6.35. The minimum absolute atomic E-state index is 0.0259. The lowest BCUT2D eigenvalue weighted by atomic mass is 9.85. The van der Waals surface area contributed by atoms with E-state index in [2.05, 4.69) is 10.3 Å². The van der Waals surface area contributed by atoms with Crippen LogP contribution in [0.1, 0.15) is 56.8 Å². The molecule has 1 unspecified atom stereocenters. The number of nitrogens with zero attached hydrogens (tertiary/aromatic N) is 1. The van der Waals surface area contributed by atoms with Crippen molar-refractivity contribution in [1.29, 1.82) is 0 Å². The molecule has 8 heteroatoms. The third kappa shape index (κ3) is 4.69. The predicted octanol–water partition coefficient (Wildman–Crippen LogP) is 3.84. The zero-order valence-electron chi connectivity index (χ0n) is 15.7. The van der Waals surface area contributed by atoms with Gasteiger partial charge in [0.05, 0.1) is 11.5 Å². The van der Waals surface area contributed by atoms with Crippen molar-refractivity contribution >= 4 is 38.4 Å². The minimum atomic E-state index is -2.97. The lowest BCUT2D eigenvalue weighted by molar-refractivity contribution is -0.122. The third-order valence-corrected chi connectivity index (χ3v) is 7.96. The van der Waals surface area contributed by atoms with Crippen LogP contribution in [0.5, 0.6) is 0 Å². The van der Waals surface area contributed by atoms with Crippen LogP contribution in [-0.4, -0.2) is 36.9 Å². The van der Waals surface area contributed by atoms with E-state index in [-0.39, 0.29) is 35.3 Å². The number of benzene rings is 1. The Morgan fingerprint density at radius 2 is 2.00 bits per heavy atom. The molecule has 1 saturated heterocycles. The summed E-state index contributed by atoms with van der Waals surface area (Å²) in [5, 5.41) is 3.74. The first kappa shape index (κ1) is 19.7. The first-order valence-electron chi connectivity index (χ1n) is 9.94. The molecule has 0 spiro atoms. The molecule has 1 aliphatic carbocycles. The minimum Gasteiger partial charge on any atom is -0.440 e. The van der Waals surface area contributed by atoms with Gasteiger partial charge >= 0.3 is 0 Å². The van der Waals surface area contributed by atoms with Crippen molar-refractivity contribution in [3.05, 3.63) is 29.1 Å². The summed E-state index contributed by atoms with van der Waals surface area (Å²) in [6.07, 6.45) is 5.36. The van der Waals surface area contributed by atoms with Gasteiger partial charge in [-0.15, -0.1) is 0 Å². The number of fused-ring (bicyclic) bond motifs is 1. The SMILES string of the molecule is O=C(CC1CCCS(=O)(=O)C1)NC1CCC(c2nc3cc(Cl)ccc3o2)CC1. The quantitative estimate of drug-likeness (QED) is 0.805. The lowest BCUT2D eigenvalue weighted by Crippen LogP contribution is -2.39. The molecule has 1 aromatic carbocycles. The van der Waals surface area contributed by atoms with Gasteiger partial charge in [-0.25, -0.2) is 13.4 Å². The maximum absolute atomic E-state index is 12.3. The number of hydrogen-bond donors (Lipinski definition) is 1. The Balaban J connectivity index is 1.28. The highest BCUT2D eigenvalue weighted by Gasteiger charge is 2.29. The summed E-state index contributed by atoms with van der Waals surface area (Å²) in [4.78, 5) is 16.9. The van der Waals surface area contributed by atoms with Gasteiger partial charge < -0.3 is 9.73 Å². The zero-order chi connectivity index (χ0) is 19.7. The number of oxazole rings is 1. The van der Waals surface area contributed by atoms with Crippen molar-refractivity contribution in [2.45, 2.75) is 56.9 Å². The predicted molar refractivity (Wildman–Crippen MR) is 108 cm³/mol. The van der Waals surface area contributed by atoms with Crippen molar-refractivity contribution < 1.29 is 17.6 Å². The summed E-state index contributed by atoms with van der Waals surface area (Å²) in [7, 11) is -2.97. The monoisotopic (exact) mass is 424 g/mol. The van der Waals surface area contributed by atoms with Gasteiger partial charge in [0, 0.05) is 23.4 Å². The number of nitrogens with one attached hydrogen (secondary N) is 1. The summed E-state index contributed by atoms with van der Waals surface area (Å²) in [6, 6.07) is 5.58. The number of carbonyl (C=O) groups excluding carboxylic acids is 1. The number of halogens is 1. The summed E-state index contributed by atoms with van der Waals surface area (Å²) >= 11 is 6.01. The molecule has 1 saturated carbocycles. The van der Waals surface area contributed by atoms with Gasteiger partial charge in [0.2, 0.25) is 5.91 Å². The van der Waals surface area contributed by atoms with Crippen LogP contribution in [0.15, 0.2) is 22.6 Å². The summed E-state index contributed by atoms with van der Waals surface area (Å²) in [5.74, 6) is 1.34. The molecule has 1 aromatic heterocycles. The maximum atomic E-state index is 12.3. The summed E-state index contributed by atoms with van der Waals surface area (Å²) in [5.41, 5.74) is 1.53. The largest absolute Gasteiger partial charge is 0.440 e. The van der Waals surface area contributed by atoms with E-state index >= 15 is 0 Å². The molecule has 2 fully saturated rings. The molecule has 1 amide bonds. The van der Waals surface area contributed by atoms with E-state index in [1.165, 1.54) is 0 Å². The Morgan fingerprint density at radius 1 is 1.21 bits per heavy atom. The molecular formula is C20H25ClN2O4S. The fraction of sp³-hybridized carbons (Fsp3) is 0.600. The van der Waals surface area contributed by atoms with Crippen molar-refractivity contribution in [2.24, 2.45) is 5.92 Å². The maximum Gasteiger partial charge on any atom is 0.220 e. The van der Waals surface area contributed by atoms with E-state index in [4.69, 9.17) is 16.0 Å². The Morgan fingerprint density at radius 3 is 2.75 bits per heavy atom. The van der Waals surface area contributed by atoms with Crippen LogP contribution in [0.2, 0.25) is 5.02 Å². The second-order valence-electron chi connectivity index (χ2n) is 8.11. The molecule has 4 rings (SSSR count). The van der Waals surface area contributed by atoms with Crippen molar-refractivity contribution in [3.8, 4) is 0 Å². The van der Waals surface area contributed by atoms with Crippen molar-refractivity contribution in [2.75, 3.05) is 11.5 Å². The van der Waals surface area contributed by atoms with E-state index in [0.29, 0.717) is 17.9 Å². The molecule has 2 aliphatic rings. The van der Waals surface area contributed by atoms with Gasteiger partial charge in [0.1, 0.15) is 5.52 Å². The summed E-state index contributed by atoms with van der Waals surface area (Å²) in [6.45, 7) is 0. The van der Waals surface area contributed by atoms with Crippen molar-refractivity contribution in [1.82, 2.24) is 10.3 Å². The van der Waals surface area contributed by atoms with Gasteiger partial charge in [-0.1, -0.05) is 11.6 Å². The van der Waals surface area contributed by atoms with E-state index in [0.717, 1.165) is 49.1 Å². The molecule has 0 bridgehead atoms. The van der Waals surface area contributed by atoms with Crippen molar-refractivity contribution in [3.63, 3.8) is 0 Å². The second-order valence-corrected chi connectivity index (χ2v) is 10.8. The van der Waals surface area contributed by atoms with E-state index in [1.54, 1.807) is 12.1 Å². The average molecular weight is 425 g/mol. The summed E-state index contributed by atoms with van der Waals surface area (Å²) < 4.78 is 29.4. The number of hydrogen-bond acceptors (Lipinski definition) is 5. The van der Waals surface area contributed by atoms with Crippen LogP contribution in [0, 0.1) is 5.92 Å². The topological polar surface area (TPSA) is 89.3 Å².